The summed E-state index contributed by atoms with van der Waals surface area (Å²) in [7, 11) is -4.68. The van der Waals surface area contributed by atoms with Crippen LogP contribution in [0.15, 0.2) is 71.8 Å². The molecule has 0 amide bonds. The molecular formula is C28H24F2N6O7S. The number of benzene rings is 2. The number of rotatable bonds is 11. The predicted molar refractivity (Wildman–Crippen MR) is 153 cm³/mol. The molecule has 0 aliphatic carbocycles. The first-order valence-electron chi connectivity index (χ1n) is 12.9. The van der Waals surface area contributed by atoms with Gasteiger partial charge in [0.1, 0.15) is 17.0 Å². The van der Waals surface area contributed by atoms with Crippen molar-refractivity contribution in [1.29, 1.82) is 0 Å². The summed E-state index contributed by atoms with van der Waals surface area (Å²) in [6, 6.07) is 11.7. The molecule has 3 aromatic heterocycles. The normalized spacial score (nSPS) is 11.9. The number of H-pyrrole nitrogens is 1. The van der Waals surface area contributed by atoms with Crippen LogP contribution in [-0.2, 0) is 21.0 Å². The molecule has 3 heterocycles. The number of aromatic amines is 1. The molecular weight excluding hydrogens is 602 g/mol. The average Bonchev–Trinajstić information content (AvgIpc) is 3.36. The van der Waals surface area contributed by atoms with Gasteiger partial charge in [-0.2, -0.15) is 23.3 Å². The van der Waals surface area contributed by atoms with Crippen molar-refractivity contribution in [2.75, 3.05) is 11.9 Å². The van der Waals surface area contributed by atoms with Gasteiger partial charge in [-0.15, -0.1) is 0 Å². The Morgan fingerprint density at radius 1 is 1.07 bits per heavy atom. The van der Waals surface area contributed by atoms with E-state index in [0.29, 0.717) is 5.39 Å². The van der Waals surface area contributed by atoms with E-state index in [1.54, 1.807) is 13.8 Å². The highest BCUT2D eigenvalue weighted by Gasteiger charge is 2.25. The molecule has 0 fully saturated rings. The molecule has 3 N–H and O–H groups in total. The highest BCUT2D eigenvalue weighted by atomic mass is 32.3. The van der Waals surface area contributed by atoms with Crippen molar-refractivity contribution in [1.82, 2.24) is 25.0 Å². The summed E-state index contributed by atoms with van der Waals surface area (Å²) >= 11 is 0. The quantitative estimate of drug-likeness (QED) is 0.143. The second-order valence-corrected chi connectivity index (χ2v) is 11.3. The summed E-state index contributed by atoms with van der Waals surface area (Å²) in [4.78, 5) is 30.1. The molecule has 0 bridgehead atoms. The zero-order valence-electron chi connectivity index (χ0n) is 23.1. The maximum atomic E-state index is 15.2. The maximum absolute atomic E-state index is 15.2. The Morgan fingerprint density at radius 2 is 1.82 bits per heavy atom. The van der Waals surface area contributed by atoms with Gasteiger partial charge < -0.3 is 10.1 Å². The van der Waals surface area contributed by atoms with Gasteiger partial charge in [0.05, 0.1) is 23.4 Å². The van der Waals surface area contributed by atoms with Crippen LogP contribution in [0.1, 0.15) is 29.8 Å². The minimum absolute atomic E-state index is 0.151. The summed E-state index contributed by atoms with van der Waals surface area (Å²) < 4.78 is 70.7. The van der Waals surface area contributed by atoms with Gasteiger partial charge >= 0.3 is 10.4 Å². The molecule has 0 atom stereocenters. The minimum atomic E-state index is -4.68. The molecule has 0 radical (unpaired) electrons. The number of aromatic nitrogens is 5. The lowest BCUT2D eigenvalue weighted by Gasteiger charge is -2.25. The van der Waals surface area contributed by atoms with Gasteiger partial charge in [-0.1, -0.05) is 6.07 Å². The van der Waals surface area contributed by atoms with E-state index in [9.17, 15) is 22.4 Å². The van der Waals surface area contributed by atoms with Crippen LogP contribution >= 0.6 is 0 Å². The molecule has 0 saturated carbocycles. The number of carbonyl (C=O) groups excluding carboxylic acids is 1. The standard InChI is InChI=1S/C28H24F2N6O7S/c1-28(2,15-42-44(39,40)41)33-26-24-23(10-11-31-25(24)34-35-26)43-22-8-3-16(13-20(22)30)14-21(37)19-9-12-32-36(27(19)38)18-6-4-17(29)5-7-18/h3-13H,14-15H2,1-2H3,(H,39,40,41)(H2,31,33,34,35). The van der Waals surface area contributed by atoms with E-state index in [-0.39, 0.29) is 46.2 Å². The van der Waals surface area contributed by atoms with E-state index in [1.165, 1.54) is 48.8 Å². The van der Waals surface area contributed by atoms with Gasteiger partial charge in [0.2, 0.25) is 0 Å². The van der Waals surface area contributed by atoms with E-state index >= 15 is 4.39 Å². The van der Waals surface area contributed by atoms with Crippen LogP contribution in [0.3, 0.4) is 0 Å². The number of ketones is 1. The third-order valence-corrected chi connectivity index (χ3v) is 6.66. The van der Waals surface area contributed by atoms with E-state index in [0.717, 1.165) is 22.9 Å². The van der Waals surface area contributed by atoms with Crippen LogP contribution in [0, 0.1) is 11.6 Å². The van der Waals surface area contributed by atoms with Crippen molar-refractivity contribution in [2.45, 2.75) is 25.8 Å². The number of carbonyl (C=O) groups is 1. The molecule has 0 aliphatic rings. The third-order valence-electron chi connectivity index (χ3n) is 6.25. The van der Waals surface area contributed by atoms with Crippen LogP contribution in [0.5, 0.6) is 11.5 Å². The number of hydrogen-bond acceptors (Lipinski definition) is 10. The first-order valence-corrected chi connectivity index (χ1v) is 14.2. The fourth-order valence-corrected chi connectivity index (χ4v) is 4.65. The Bertz CT molecular complexity index is 2030. The fraction of sp³-hybridized carbons (Fsp3) is 0.179. The second-order valence-electron chi connectivity index (χ2n) is 10.2. The molecule has 0 aliphatic heterocycles. The van der Waals surface area contributed by atoms with Gasteiger partial charge in [-0.05, 0) is 61.9 Å². The fourth-order valence-electron chi connectivity index (χ4n) is 4.20. The van der Waals surface area contributed by atoms with Crippen molar-refractivity contribution in [3.05, 3.63) is 100 Å². The van der Waals surface area contributed by atoms with Crippen molar-refractivity contribution in [3.63, 3.8) is 0 Å². The van der Waals surface area contributed by atoms with Gasteiger partial charge in [-0.3, -0.25) is 19.2 Å². The van der Waals surface area contributed by atoms with E-state index in [4.69, 9.17) is 9.29 Å². The van der Waals surface area contributed by atoms with Crippen molar-refractivity contribution < 1.29 is 35.5 Å². The molecule has 2 aromatic carbocycles. The van der Waals surface area contributed by atoms with Crippen molar-refractivity contribution in [3.8, 4) is 17.2 Å². The maximum Gasteiger partial charge on any atom is 0.397 e. The number of halogens is 2. The number of pyridine rings is 1. The highest BCUT2D eigenvalue weighted by molar-refractivity contribution is 7.80. The molecule has 228 valence electrons. The first-order chi connectivity index (χ1) is 20.8. The Morgan fingerprint density at radius 3 is 2.52 bits per heavy atom. The lowest BCUT2D eigenvalue weighted by atomic mass is 10.0. The number of nitrogens with one attached hydrogen (secondary N) is 2. The molecule has 5 rings (SSSR count). The van der Waals surface area contributed by atoms with Gasteiger partial charge in [0, 0.05) is 24.9 Å². The van der Waals surface area contributed by atoms with Crippen LogP contribution in [0.4, 0.5) is 14.6 Å². The summed E-state index contributed by atoms with van der Waals surface area (Å²) in [6.45, 7) is 2.75. The van der Waals surface area contributed by atoms with E-state index < -0.39 is 45.5 Å². The van der Waals surface area contributed by atoms with Crippen LogP contribution in [0.2, 0.25) is 0 Å². The molecule has 0 spiro atoms. The van der Waals surface area contributed by atoms with Crippen molar-refractivity contribution >= 4 is 33.0 Å². The minimum Gasteiger partial charge on any atom is -0.453 e. The van der Waals surface area contributed by atoms with Crippen LogP contribution < -0.4 is 15.6 Å². The smallest absolute Gasteiger partial charge is 0.397 e. The molecule has 44 heavy (non-hydrogen) atoms. The van der Waals surface area contributed by atoms with Gasteiger partial charge in [0.15, 0.2) is 28.8 Å². The van der Waals surface area contributed by atoms with Crippen molar-refractivity contribution in [2.24, 2.45) is 0 Å². The third kappa shape index (κ3) is 6.94. The molecule has 16 heteroatoms. The molecule has 0 saturated heterocycles. The Kier molecular flexibility index (Phi) is 8.23. The number of anilines is 1. The van der Waals surface area contributed by atoms with Gasteiger partial charge in [-0.25, -0.2) is 17.9 Å². The Labute approximate surface area is 248 Å². The Balaban J connectivity index is 1.35. The number of hydrogen-bond donors (Lipinski definition) is 3. The SMILES string of the molecule is CC(C)(COS(=O)(=O)O)Nc1n[nH]c2nccc(Oc3ccc(CC(=O)c4ccnn(-c5ccc(F)cc5)c4=O)cc3F)c12. The molecule has 5 aromatic rings. The highest BCUT2D eigenvalue weighted by Crippen LogP contribution is 2.35. The van der Waals surface area contributed by atoms with E-state index in [1.807, 2.05) is 0 Å². The molecule has 13 nitrogen and oxygen atoms in total. The second kappa shape index (κ2) is 11.9. The van der Waals surface area contributed by atoms with Gasteiger partial charge in [0.25, 0.3) is 5.56 Å². The lowest BCUT2D eigenvalue weighted by Crippen LogP contribution is -2.37. The molecule has 0 unspecified atom stereocenters. The number of Topliss-reactive ketones (excluding diaryl/α,β-unsaturated/α-hetero) is 1. The monoisotopic (exact) mass is 626 g/mol. The van der Waals surface area contributed by atoms with Crippen LogP contribution in [0.25, 0.3) is 16.7 Å². The number of ether oxygens (including phenoxy) is 1. The average molecular weight is 627 g/mol. The number of nitrogens with zero attached hydrogens (tertiary/aromatic N) is 4. The summed E-state index contributed by atoms with van der Waals surface area (Å²) in [5.41, 5.74) is -1.09. The zero-order chi connectivity index (χ0) is 31.6. The first kappa shape index (κ1) is 30.4. The summed E-state index contributed by atoms with van der Waals surface area (Å²) in [5, 5.41) is 14.1. The predicted octanol–water partition coefficient (Wildman–Crippen LogP) is 4.01. The number of fused-ring (bicyclic) bond motifs is 1. The van der Waals surface area contributed by atoms with E-state index in [2.05, 4.69) is 29.8 Å². The topological polar surface area (TPSA) is 178 Å². The zero-order valence-corrected chi connectivity index (χ0v) is 23.9. The van der Waals surface area contributed by atoms with Crippen LogP contribution in [-0.4, -0.2) is 55.9 Å². The summed E-state index contributed by atoms with van der Waals surface area (Å²) in [6.07, 6.45) is 2.38. The Hall–Kier alpha value is -5.06. The summed E-state index contributed by atoms with van der Waals surface area (Å²) in [5.74, 6) is -1.70. The largest absolute Gasteiger partial charge is 0.453 e. The lowest BCUT2D eigenvalue weighted by molar-refractivity contribution is 0.0990.